The van der Waals surface area contributed by atoms with Crippen LogP contribution in [0.1, 0.15) is 25.8 Å². The molecule has 0 aliphatic carbocycles. The summed E-state index contributed by atoms with van der Waals surface area (Å²) in [5, 5.41) is 7.19. The lowest BCUT2D eigenvalue weighted by molar-refractivity contribution is 0.242. The minimum Gasteiger partial charge on any atom is -0.489 e. The number of nitrogens with one attached hydrogen (secondary N) is 2. The molecule has 0 aliphatic heterocycles. The van der Waals surface area contributed by atoms with Crippen molar-refractivity contribution in [1.29, 1.82) is 0 Å². The molecule has 1 aromatic rings. The average Bonchev–Trinajstić information content (AvgIpc) is 2.32. The van der Waals surface area contributed by atoms with E-state index < -0.39 is 0 Å². The quantitative estimate of drug-likeness (QED) is 0.713. The monoisotopic (exact) mass is 270 g/mol. The SMILES string of the molecule is CNCCCNCc1ccc(OC(C)C)c(Cl)c1. The maximum Gasteiger partial charge on any atom is 0.138 e. The fraction of sp³-hybridized carbons (Fsp3) is 0.571. The molecule has 0 atom stereocenters. The van der Waals surface area contributed by atoms with Gasteiger partial charge in [0.05, 0.1) is 11.1 Å². The fourth-order valence-corrected chi connectivity index (χ4v) is 1.87. The maximum absolute atomic E-state index is 6.17. The highest BCUT2D eigenvalue weighted by Crippen LogP contribution is 2.26. The molecule has 0 aromatic heterocycles. The topological polar surface area (TPSA) is 33.3 Å². The predicted octanol–water partition coefficient (Wildman–Crippen LogP) is 2.83. The zero-order valence-electron chi connectivity index (χ0n) is 11.4. The normalized spacial score (nSPS) is 10.9. The molecule has 0 amide bonds. The summed E-state index contributed by atoms with van der Waals surface area (Å²) in [5.74, 6) is 0.755. The summed E-state index contributed by atoms with van der Waals surface area (Å²) in [6.07, 6.45) is 1.27. The molecular weight excluding hydrogens is 248 g/mol. The Hall–Kier alpha value is -0.770. The van der Waals surface area contributed by atoms with E-state index in [0.717, 1.165) is 31.8 Å². The summed E-state index contributed by atoms with van der Waals surface area (Å²) in [4.78, 5) is 0. The van der Waals surface area contributed by atoms with Gasteiger partial charge in [-0.05, 0) is 58.1 Å². The van der Waals surface area contributed by atoms with E-state index in [9.17, 15) is 0 Å². The molecule has 0 fully saturated rings. The van der Waals surface area contributed by atoms with Gasteiger partial charge in [0.1, 0.15) is 5.75 Å². The summed E-state index contributed by atoms with van der Waals surface area (Å²) in [6.45, 7) is 6.87. The van der Waals surface area contributed by atoms with Gasteiger partial charge in [-0.2, -0.15) is 0 Å². The molecule has 0 heterocycles. The van der Waals surface area contributed by atoms with Gasteiger partial charge in [0, 0.05) is 6.54 Å². The van der Waals surface area contributed by atoms with Crippen molar-refractivity contribution in [2.75, 3.05) is 20.1 Å². The molecule has 3 nitrogen and oxygen atoms in total. The largest absolute Gasteiger partial charge is 0.489 e. The lowest BCUT2D eigenvalue weighted by atomic mass is 10.2. The van der Waals surface area contributed by atoms with E-state index in [-0.39, 0.29) is 6.10 Å². The van der Waals surface area contributed by atoms with Crippen molar-refractivity contribution in [3.63, 3.8) is 0 Å². The Morgan fingerprint density at radius 2 is 2.06 bits per heavy atom. The van der Waals surface area contributed by atoms with Gasteiger partial charge < -0.3 is 15.4 Å². The Morgan fingerprint density at radius 3 is 2.67 bits per heavy atom. The van der Waals surface area contributed by atoms with E-state index >= 15 is 0 Å². The van der Waals surface area contributed by atoms with Gasteiger partial charge >= 0.3 is 0 Å². The maximum atomic E-state index is 6.17. The molecule has 0 saturated heterocycles. The molecule has 0 radical (unpaired) electrons. The molecule has 0 saturated carbocycles. The van der Waals surface area contributed by atoms with Crippen LogP contribution in [0, 0.1) is 0 Å². The zero-order valence-corrected chi connectivity index (χ0v) is 12.2. The molecule has 0 unspecified atom stereocenters. The minimum atomic E-state index is 0.146. The van der Waals surface area contributed by atoms with Crippen molar-refractivity contribution in [1.82, 2.24) is 10.6 Å². The number of benzene rings is 1. The molecule has 102 valence electrons. The van der Waals surface area contributed by atoms with Crippen LogP contribution in [0.4, 0.5) is 0 Å². The molecular formula is C14H23ClN2O. The highest BCUT2D eigenvalue weighted by molar-refractivity contribution is 6.32. The van der Waals surface area contributed by atoms with Crippen LogP contribution in [-0.4, -0.2) is 26.2 Å². The van der Waals surface area contributed by atoms with Crippen molar-refractivity contribution in [3.8, 4) is 5.75 Å². The highest BCUT2D eigenvalue weighted by Gasteiger charge is 2.04. The van der Waals surface area contributed by atoms with Crippen LogP contribution in [0.2, 0.25) is 5.02 Å². The first kappa shape index (κ1) is 15.3. The average molecular weight is 271 g/mol. The Balaban J connectivity index is 2.41. The van der Waals surface area contributed by atoms with E-state index in [1.54, 1.807) is 0 Å². The molecule has 0 bridgehead atoms. The second-order valence-corrected chi connectivity index (χ2v) is 4.97. The van der Waals surface area contributed by atoms with Crippen LogP contribution in [0.25, 0.3) is 0 Å². The fourth-order valence-electron chi connectivity index (χ4n) is 1.63. The van der Waals surface area contributed by atoms with Crippen molar-refractivity contribution in [2.45, 2.75) is 32.9 Å². The molecule has 0 spiro atoms. The summed E-state index contributed by atoms with van der Waals surface area (Å²) in [5.41, 5.74) is 1.18. The van der Waals surface area contributed by atoms with E-state index in [1.165, 1.54) is 5.56 Å². The van der Waals surface area contributed by atoms with Crippen LogP contribution in [0.15, 0.2) is 18.2 Å². The third-order valence-electron chi connectivity index (χ3n) is 2.47. The Bertz CT molecular complexity index is 356. The van der Waals surface area contributed by atoms with E-state index in [1.807, 2.05) is 33.0 Å². The summed E-state index contributed by atoms with van der Waals surface area (Å²) in [7, 11) is 1.97. The van der Waals surface area contributed by atoms with Gasteiger partial charge in [-0.15, -0.1) is 0 Å². The van der Waals surface area contributed by atoms with Crippen LogP contribution < -0.4 is 15.4 Å². The predicted molar refractivity (Wildman–Crippen MR) is 77.5 cm³/mol. The molecule has 1 rings (SSSR count). The van der Waals surface area contributed by atoms with E-state index in [4.69, 9.17) is 16.3 Å². The molecule has 0 aliphatic rings. The first-order valence-electron chi connectivity index (χ1n) is 6.44. The Labute approximate surface area is 115 Å². The summed E-state index contributed by atoms with van der Waals surface area (Å²) in [6, 6.07) is 5.95. The summed E-state index contributed by atoms with van der Waals surface area (Å²) < 4.78 is 5.60. The molecule has 1 aromatic carbocycles. The third kappa shape index (κ3) is 5.71. The first-order valence-corrected chi connectivity index (χ1v) is 6.81. The van der Waals surface area contributed by atoms with E-state index in [0.29, 0.717) is 5.02 Å². The van der Waals surface area contributed by atoms with E-state index in [2.05, 4.69) is 16.7 Å². The van der Waals surface area contributed by atoms with Crippen LogP contribution in [0.5, 0.6) is 5.75 Å². The van der Waals surface area contributed by atoms with Gasteiger partial charge in [0.15, 0.2) is 0 Å². The van der Waals surface area contributed by atoms with Gasteiger partial charge in [0.2, 0.25) is 0 Å². The van der Waals surface area contributed by atoms with Crippen molar-refractivity contribution in [2.24, 2.45) is 0 Å². The van der Waals surface area contributed by atoms with Crippen molar-refractivity contribution < 1.29 is 4.74 Å². The number of rotatable bonds is 8. The minimum absolute atomic E-state index is 0.146. The number of hydrogen-bond acceptors (Lipinski definition) is 3. The van der Waals surface area contributed by atoms with Gasteiger partial charge in [-0.25, -0.2) is 0 Å². The lowest BCUT2D eigenvalue weighted by Crippen LogP contribution is -2.19. The second kappa shape index (κ2) is 8.35. The number of hydrogen-bond donors (Lipinski definition) is 2. The van der Waals surface area contributed by atoms with Gasteiger partial charge in [-0.1, -0.05) is 17.7 Å². The van der Waals surface area contributed by atoms with Crippen LogP contribution >= 0.6 is 11.6 Å². The third-order valence-corrected chi connectivity index (χ3v) is 2.76. The molecule has 2 N–H and O–H groups in total. The Kier molecular flexibility index (Phi) is 7.09. The standard InChI is InChI=1S/C14H23ClN2O/c1-11(2)18-14-6-5-12(9-13(14)15)10-17-8-4-7-16-3/h5-6,9,11,16-17H,4,7-8,10H2,1-3H3. The summed E-state index contributed by atoms with van der Waals surface area (Å²) >= 11 is 6.17. The highest BCUT2D eigenvalue weighted by atomic mass is 35.5. The van der Waals surface area contributed by atoms with Gasteiger partial charge in [0.25, 0.3) is 0 Å². The second-order valence-electron chi connectivity index (χ2n) is 4.57. The van der Waals surface area contributed by atoms with Crippen molar-refractivity contribution >= 4 is 11.6 Å². The smallest absolute Gasteiger partial charge is 0.138 e. The zero-order chi connectivity index (χ0) is 13.4. The van der Waals surface area contributed by atoms with Crippen molar-refractivity contribution in [3.05, 3.63) is 28.8 Å². The van der Waals surface area contributed by atoms with Crippen LogP contribution in [-0.2, 0) is 6.54 Å². The Morgan fingerprint density at radius 1 is 1.28 bits per heavy atom. The van der Waals surface area contributed by atoms with Crippen LogP contribution in [0.3, 0.4) is 0 Å². The molecule has 18 heavy (non-hydrogen) atoms. The number of ether oxygens (including phenoxy) is 1. The molecule has 4 heteroatoms. The lowest BCUT2D eigenvalue weighted by Gasteiger charge is -2.12. The first-order chi connectivity index (χ1) is 8.63. The van der Waals surface area contributed by atoms with Gasteiger partial charge in [-0.3, -0.25) is 0 Å². The number of halogens is 1.